The smallest absolute Gasteiger partial charge is 0.475 e. The van der Waals surface area contributed by atoms with Crippen LogP contribution in [-0.2, 0) is 25.7 Å². The quantitative estimate of drug-likeness (QED) is 0.506. The number of aliphatic carboxylic acids is 2. The van der Waals surface area contributed by atoms with Crippen LogP contribution in [0.1, 0.15) is 25.8 Å². The van der Waals surface area contributed by atoms with Gasteiger partial charge in [-0.05, 0) is 31.9 Å². The van der Waals surface area contributed by atoms with Crippen LogP contribution in [0.25, 0.3) is 0 Å². The van der Waals surface area contributed by atoms with E-state index >= 15 is 0 Å². The number of piperidine rings is 1. The Morgan fingerprint density at radius 2 is 1.67 bits per heavy atom. The van der Waals surface area contributed by atoms with Gasteiger partial charge in [0, 0.05) is 50.6 Å². The average molecular weight is 531 g/mol. The number of nitrogens with zero attached hydrogens (tertiary/aromatic N) is 2. The summed E-state index contributed by atoms with van der Waals surface area (Å²) in [5.41, 5.74) is 1.03. The molecule has 3 heterocycles. The Morgan fingerprint density at radius 3 is 2.11 bits per heavy atom. The molecule has 204 valence electrons. The van der Waals surface area contributed by atoms with Gasteiger partial charge in [0.25, 0.3) is 0 Å². The molecule has 0 saturated carbocycles. The van der Waals surface area contributed by atoms with E-state index in [2.05, 4.69) is 29.0 Å². The number of fused-ring (bicyclic) bond motifs is 1. The van der Waals surface area contributed by atoms with Gasteiger partial charge in [0.15, 0.2) is 0 Å². The number of nitrogens with one attached hydrogen (secondary N) is 1. The highest BCUT2D eigenvalue weighted by Gasteiger charge is 2.44. The summed E-state index contributed by atoms with van der Waals surface area (Å²) in [6, 6.07) is 4.32. The van der Waals surface area contributed by atoms with E-state index < -0.39 is 24.3 Å². The van der Waals surface area contributed by atoms with E-state index in [0.29, 0.717) is 18.5 Å². The molecule has 2 saturated heterocycles. The normalized spacial score (nSPS) is 21.9. The fourth-order valence-corrected chi connectivity index (χ4v) is 3.53. The number of carboxylic acids is 2. The van der Waals surface area contributed by atoms with Crippen molar-refractivity contribution in [3.8, 4) is 0 Å². The van der Waals surface area contributed by atoms with Crippen molar-refractivity contribution in [2.75, 3.05) is 19.7 Å². The maximum atomic E-state index is 12.7. The van der Waals surface area contributed by atoms with Crippen LogP contribution in [-0.4, -0.2) is 82.1 Å². The lowest BCUT2D eigenvalue weighted by Gasteiger charge is -2.41. The summed E-state index contributed by atoms with van der Waals surface area (Å²) in [4.78, 5) is 36.9. The first-order valence-electron chi connectivity index (χ1n) is 10.7. The Hall–Kier alpha value is -2.94. The first-order chi connectivity index (χ1) is 16.5. The lowest BCUT2D eigenvalue weighted by molar-refractivity contribution is -0.193. The van der Waals surface area contributed by atoms with Crippen LogP contribution in [0.2, 0.25) is 0 Å². The molecule has 2 aliphatic heterocycles. The zero-order chi connectivity index (χ0) is 27.7. The highest BCUT2D eigenvalue weighted by molar-refractivity contribution is 5.79. The van der Waals surface area contributed by atoms with Crippen molar-refractivity contribution in [2.45, 2.75) is 51.3 Å². The topological polar surface area (TPSA) is 129 Å². The summed E-state index contributed by atoms with van der Waals surface area (Å²) in [6.07, 6.45) is -5.41. The Balaban J connectivity index is 0.000000383. The van der Waals surface area contributed by atoms with E-state index in [1.54, 1.807) is 12.4 Å². The van der Waals surface area contributed by atoms with Gasteiger partial charge in [0.2, 0.25) is 5.91 Å². The molecule has 2 aliphatic rings. The van der Waals surface area contributed by atoms with Gasteiger partial charge in [-0.2, -0.15) is 26.3 Å². The van der Waals surface area contributed by atoms with Gasteiger partial charge in [0.1, 0.15) is 0 Å². The number of likely N-dealkylation sites (tertiary alicyclic amines) is 1. The molecule has 1 amide bonds. The fraction of sp³-hybridized carbons (Fsp3) is 0.619. The summed E-state index contributed by atoms with van der Waals surface area (Å²) in [5, 5.41) is 17.3. The van der Waals surface area contributed by atoms with E-state index in [1.807, 2.05) is 12.1 Å². The number of ether oxygens (including phenoxy) is 1. The second-order valence-electron chi connectivity index (χ2n) is 8.20. The summed E-state index contributed by atoms with van der Waals surface area (Å²) in [5.74, 6) is -4.97. The largest absolute Gasteiger partial charge is 0.490 e. The third-order valence-corrected chi connectivity index (χ3v) is 5.36. The molecular formula is C21H27F6N3O6. The Bertz CT molecular complexity index is 842. The van der Waals surface area contributed by atoms with Gasteiger partial charge in [-0.3, -0.25) is 14.7 Å². The average Bonchev–Trinajstić information content (AvgIpc) is 3.26. The predicted octanol–water partition coefficient (Wildman–Crippen LogP) is 2.71. The maximum Gasteiger partial charge on any atom is 0.490 e. The zero-order valence-electron chi connectivity index (χ0n) is 19.3. The molecule has 2 fully saturated rings. The van der Waals surface area contributed by atoms with Crippen molar-refractivity contribution in [1.82, 2.24) is 15.2 Å². The predicted molar refractivity (Wildman–Crippen MR) is 112 cm³/mol. The number of hydrogen-bond acceptors (Lipinski definition) is 6. The molecule has 0 aromatic carbocycles. The van der Waals surface area contributed by atoms with Crippen molar-refractivity contribution in [3.63, 3.8) is 0 Å². The van der Waals surface area contributed by atoms with Crippen LogP contribution < -0.4 is 5.32 Å². The molecule has 0 bridgehead atoms. The van der Waals surface area contributed by atoms with Gasteiger partial charge in [0.05, 0.1) is 12.0 Å². The van der Waals surface area contributed by atoms with E-state index in [-0.39, 0.29) is 17.9 Å². The number of pyridine rings is 1. The number of halogens is 6. The second-order valence-corrected chi connectivity index (χ2v) is 8.20. The van der Waals surface area contributed by atoms with Crippen LogP contribution in [0.5, 0.6) is 0 Å². The Morgan fingerprint density at radius 1 is 1.11 bits per heavy atom. The van der Waals surface area contributed by atoms with Crippen molar-refractivity contribution in [2.24, 2.45) is 11.8 Å². The van der Waals surface area contributed by atoms with Crippen molar-refractivity contribution in [1.29, 1.82) is 0 Å². The van der Waals surface area contributed by atoms with Crippen molar-refractivity contribution in [3.05, 3.63) is 30.1 Å². The molecule has 0 aliphatic carbocycles. The monoisotopic (exact) mass is 531 g/mol. The molecule has 0 radical (unpaired) electrons. The minimum atomic E-state index is -5.08. The molecule has 1 aromatic rings. The number of alkyl halides is 6. The van der Waals surface area contributed by atoms with Gasteiger partial charge in [-0.25, -0.2) is 9.59 Å². The molecule has 9 nitrogen and oxygen atoms in total. The van der Waals surface area contributed by atoms with Crippen LogP contribution in [0.4, 0.5) is 26.3 Å². The summed E-state index contributed by atoms with van der Waals surface area (Å²) < 4.78 is 69.3. The number of amides is 1. The fourth-order valence-electron chi connectivity index (χ4n) is 3.53. The molecule has 0 unspecified atom stereocenters. The van der Waals surface area contributed by atoms with E-state index in [1.165, 1.54) is 0 Å². The van der Waals surface area contributed by atoms with Gasteiger partial charge in [-0.1, -0.05) is 6.07 Å². The molecular weight excluding hydrogens is 504 g/mol. The molecule has 3 atom stereocenters. The molecule has 36 heavy (non-hydrogen) atoms. The van der Waals surface area contributed by atoms with Crippen LogP contribution >= 0.6 is 0 Å². The Kier molecular flexibility index (Phi) is 11.6. The number of aromatic nitrogens is 1. The molecule has 0 spiro atoms. The highest BCUT2D eigenvalue weighted by atomic mass is 19.4. The standard InChI is InChI=1S/C17H25N3O2.2C2HF3O2/c1-12(2)20-10-15(14-5-7-22-16(14)11-20)17(21)19-9-13-4-3-6-18-8-13;2*3-2(4,5)1(6)7/h3-4,6,8,12,14-16H,5,7,9-11H2,1-2H3,(H,19,21);2*(H,6,7)/t14-,15+,16+;;/m0../s1. The second kappa shape index (κ2) is 13.4. The van der Waals surface area contributed by atoms with Gasteiger partial charge < -0.3 is 20.3 Å². The number of rotatable bonds is 4. The third-order valence-electron chi connectivity index (χ3n) is 5.36. The van der Waals surface area contributed by atoms with E-state index in [9.17, 15) is 31.1 Å². The lowest BCUT2D eigenvalue weighted by Crippen LogP contribution is -2.54. The molecule has 3 N–H and O–H groups in total. The lowest BCUT2D eigenvalue weighted by atomic mass is 9.81. The first kappa shape index (κ1) is 31.1. The van der Waals surface area contributed by atoms with E-state index in [4.69, 9.17) is 24.5 Å². The Labute approximate surface area is 202 Å². The summed E-state index contributed by atoms with van der Waals surface area (Å²) in [7, 11) is 0. The SMILES string of the molecule is CC(C)N1C[C@H]2OCC[C@H]2[C@H](C(=O)NCc2cccnc2)C1.O=C(O)C(F)(F)F.O=C(O)C(F)(F)F. The van der Waals surface area contributed by atoms with Crippen LogP contribution in [0.3, 0.4) is 0 Å². The number of carbonyl (C=O) groups excluding carboxylic acids is 1. The van der Waals surface area contributed by atoms with Gasteiger partial charge >= 0.3 is 24.3 Å². The summed E-state index contributed by atoms with van der Waals surface area (Å²) in [6.45, 7) is 7.48. The van der Waals surface area contributed by atoms with Crippen molar-refractivity contribution >= 4 is 17.8 Å². The minimum Gasteiger partial charge on any atom is -0.475 e. The molecule has 3 rings (SSSR count). The zero-order valence-corrected chi connectivity index (χ0v) is 19.3. The number of carboxylic acid groups (broad SMARTS) is 2. The highest BCUT2D eigenvalue weighted by Crippen LogP contribution is 2.34. The molecule has 15 heteroatoms. The van der Waals surface area contributed by atoms with Crippen molar-refractivity contribution < 1.29 is 55.7 Å². The number of hydrogen-bond donors (Lipinski definition) is 3. The third kappa shape index (κ3) is 10.4. The van der Waals surface area contributed by atoms with Crippen LogP contribution in [0.15, 0.2) is 24.5 Å². The minimum absolute atomic E-state index is 0.0281. The maximum absolute atomic E-state index is 12.7. The number of carbonyl (C=O) groups is 3. The summed E-state index contributed by atoms with van der Waals surface area (Å²) >= 11 is 0. The molecule has 1 aromatic heterocycles. The van der Waals surface area contributed by atoms with E-state index in [0.717, 1.165) is 31.7 Å². The first-order valence-corrected chi connectivity index (χ1v) is 10.7. The van der Waals surface area contributed by atoms with Crippen LogP contribution in [0, 0.1) is 11.8 Å². The van der Waals surface area contributed by atoms with Gasteiger partial charge in [-0.15, -0.1) is 0 Å².